The van der Waals surface area contributed by atoms with Crippen molar-refractivity contribution in [2.75, 3.05) is 40.4 Å². The van der Waals surface area contributed by atoms with Gasteiger partial charge in [-0.1, -0.05) is 12.1 Å². The zero-order valence-corrected chi connectivity index (χ0v) is 16.5. The van der Waals surface area contributed by atoms with Crippen molar-refractivity contribution < 1.29 is 18.9 Å². The van der Waals surface area contributed by atoms with Gasteiger partial charge in [0.05, 0.1) is 14.2 Å². The first-order valence-electron chi connectivity index (χ1n) is 9.50. The van der Waals surface area contributed by atoms with E-state index in [4.69, 9.17) is 14.1 Å². The summed E-state index contributed by atoms with van der Waals surface area (Å²) in [4.78, 5) is 21.4. The number of hydrogen-bond donors (Lipinski definition) is 0. The highest BCUT2D eigenvalue weighted by Crippen LogP contribution is 2.23. The van der Waals surface area contributed by atoms with Crippen LogP contribution in [0.1, 0.15) is 22.3 Å². The molecule has 3 heterocycles. The van der Waals surface area contributed by atoms with E-state index >= 15 is 0 Å². The molecule has 9 heteroatoms. The molecule has 0 saturated carbocycles. The van der Waals surface area contributed by atoms with Crippen LogP contribution in [0.25, 0.3) is 11.0 Å². The summed E-state index contributed by atoms with van der Waals surface area (Å²) in [6.45, 7) is 3.70. The van der Waals surface area contributed by atoms with Gasteiger partial charge in [-0.2, -0.15) is 4.98 Å². The maximum absolute atomic E-state index is 13.1. The molecule has 1 amide bonds. The fourth-order valence-corrected chi connectivity index (χ4v) is 3.59. The van der Waals surface area contributed by atoms with Gasteiger partial charge in [-0.15, -0.1) is 0 Å². The van der Waals surface area contributed by atoms with E-state index in [1.165, 1.54) is 14.2 Å². The Hall–Kier alpha value is -3.20. The van der Waals surface area contributed by atoms with E-state index in [1.807, 2.05) is 23.1 Å². The fraction of sp³-hybridized carbons (Fsp3) is 0.400. The maximum Gasteiger partial charge on any atom is 0.259 e. The minimum atomic E-state index is -0.0818. The topological polar surface area (TPSA) is 93.8 Å². The quantitative estimate of drug-likeness (QED) is 0.645. The first-order chi connectivity index (χ1) is 14.2. The number of carbonyl (C=O) groups is 1. The highest BCUT2D eigenvalue weighted by molar-refractivity contribution is 5.96. The molecule has 4 rings (SSSR count). The van der Waals surface area contributed by atoms with Crippen LogP contribution in [0.5, 0.6) is 11.8 Å². The van der Waals surface area contributed by atoms with Gasteiger partial charge in [-0.25, -0.2) is 4.63 Å². The molecule has 1 aromatic carbocycles. The lowest BCUT2D eigenvalue weighted by Crippen LogP contribution is -2.35. The molecule has 1 fully saturated rings. The van der Waals surface area contributed by atoms with E-state index in [2.05, 4.69) is 20.2 Å². The molecule has 1 aliphatic heterocycles. The number of fused-ring (bicyclic) bond motifs is 1. The third-order valence-electron chi connectivity index (χ3n) is 5.11. The highest BCUT2D eigenvalue weighted by Gasteiger charge is 2.24. The Bertz CT molecular complexity index is 1010. The van der Waals surface area contributed by atoms with Gasteiger partial charge in [-0.05, 0) is 34.4 Å². The monoisotopic (exact) mass is 397 g/mol. The van der Waals surface area contributed by atoms with E-state index in [0.717, 1.165) is 42.7 Å². The number of pyridine rings is 1. The molecular formula is C20H23N5O4. The Labute approximate surface area is 168 Å². The predicted octanol–water partition coefficient (Wildman–Crippen LogP) is 1.98. The molecule has 3 aromatic rings. The van der Waals surface area contributed by atoms with E-state index < -0.39 is 0 Å². The summed E-state index contributed by atoms with van der Waals surface area (Å²) < 4.78 is 15.3. The summed E-state index contributed by atoms with van der Waals surface area (Å²) >= 11 is 0. The molecule has 152 valence electrons. The third kappa shape index (κ3) is 4.00. The van der Waals surface area contributed by atoms with Crippen LogP contribution in [0.3, 0.4) is 0 Å². The maximum atomic E-state index is 13.1. The van der Waals surface area contributed by atoms with Gasteiger partial charge in [0.25, 0.3) is 5.91 Å². The summed E-state index contributed by atoms with van der Waals surface area (Å²) in [6, 6.07) is 9.25. The second-order valence-electron chi connectivity index (χ2n) is 6.88. The standard InChI is InChI=1S/C20H23N5O4/c1-27-17-8-7-15(19(21-17)28-2)20(26)25-10-4-9-24(11-12-25)13-14-5-3-6-16-18(14)23-29-22-16/h3,5-8H,4,9-13H2,1-2H3. The van der Waals surface area contributed by atoms with Gasteiger partial charge in [0.2, 0.25) is 11.8 Å². The summed E-state index contributed by atoms with van der Waals surface area (Å²) in [5.74, 6) is 0.610. The van der Waals surface area contributed by atoms with Crippen LogP contribution >= 0.6 is 0 Å². The third-order valence-corrected chi connectivity index (χ3v) is 5.11. The highest BCUT2D eigenvalue weighted by atomic mass is 16.6. The van der Waals surface area contributed by atoms with Crippen LogP contribution in [-0.4, -0.2) is 71.4 Å². The number of hydrogen-bond acceptors (Lipinski definition) is 8. The van der Waals surface area contributed by atoms with Crippen molar-refractivity contribution >= 4 is 16.9 Å². The van der Waals surface area contributed by atoms with Crippen molar-refractivity contribution in [1.29, 1.82) is 0 Å². The van der Waals surface area contributed by atoms with E-state index in [0.29, 0.717) is 24.5 Å². The van der Waals surface area contributed by atoms with Gasteiger partial charge in [-0.3, -0.25) is 9.69 Å². The Kier molecular flexibility index (Phi) is 5.57. The van der Waals surface area contributed by atoms with Crippen LogP contribution in [0, 0.1) is 0 Å². The molecule has 0 bridgehead atoms. The summed E-state index contributed by atoms with van der Waals surface area (Å²) in [6.07, 6.45) is 0.880. The molecule has 1 saturated heterocycles. The van der Waals surface area contributed by atoms with E-state index in [9.17, 15) is 4.79 Å². The number of carbonyl (C=O) groups excluding carboxylic acids is 1. The minimum absolute atomic E-state index is 0.0818. The van der Waals surface area contributed by atoms with Gasteiger partial charge in [0.15, 0.2) is 0 Å². The number of benzene rings is 1. The van der Waals surface area contributed by atoms with Crippen LogP contribution in [-0.2, 0) is 6.54 Å². The van der Waals surface area contributed by atoms with Gasteiger partial charge in [0, 0.05) is 38.8 Å². The molecular weight excluding hydrogens is 374 g/mol. The molecule has 0 spiro atoms. The number of methoxy groups -OCH3 is 2. The van der Waals surface area contributed by atoms with Crippen molar-refractivity contribution in [2.45, 2.75) is 13.0 Å². The van der Waals surface area contributed by atoms with Crippen molar-refractivity contribution in [3.63, 3.8) is 0 Å². The lowest BCUT2D eigenvalue weighted by molar-refractivity contribution is 0.0756. The van der Waals surface area contributed by atoms with Crippen LogP contribution in [0.4, 0.5) is 0 Å². The molecule has 1 aliphatic rings. The molecule has 0 N–H and O–H groups in total. The SMILES string of the molecule is COc1ccc(C(=O)N2CCCN(Cc3cccc4nonc34)CC2)c(OC)n1. The zero-order chi connectivity index (χ0) is 20.2. The number of nitrogens with zero attached hydrogens (tertiary/aromatic N) is 5. The zero-order valence-electron chi connectivity index (χ0n) is 16.5. The van der Waals surface area contributed by atoms with Gasteiger partial charge in [0.1, 0.15) is 16.6 Å². The Morgan fingerprint density at radius 2 is 1.97 bits per heavy atom. The van der Waals surface area contributed by atoms with Crippen molar-refractivity contribution in [3.05, 3.63) is 41.5 Å². The smallest absolute Gasteiger partial charge is 0.259 e. The number of rotatable bonds is 5. The summed E-state index contributed by atoms with van der Waals surface area (Å²) in [7, 11) is 3.03. The lowest BCUT2D eigenvalue weighted by Gasteiger charge is -2.22. The molecule has 0 radical (unpaired) electrons. The molecule has 9 nitrogen and oxygen atoms in total. The van der Waals surface area contributed by atoms with Crippen LogP contribution < -0.4 is 9.47 Å². The molecule has 0 aliphatic carbocycles. The average molecular weight is 397 g/mol. The lowest BCUT2D eigenvalue weighted by atomic mass is 10.1. The second-order valence-corrected chi connectivity index (χ2v) is 6.88. The van der Waals surface area contributed by atoms with E-state index in [-0.39, 0.29) is 11.8 Å². The number of amides is 1. The Balaban J connectivity index is 1.45. The first kappa shape index (κ1) is 19.1. The predicted molar refractivity (Wildman–Crippen MR) is 105 cm³/mol. The van der Waals surface area contributed by atoms with Gasteiger partial charge >= 0.3 is 0 Å². The first-order valence-corrected chi connectivity index (χ1v) is 9.50. The van der Waals surface area contributed by atoms with Crippen LogP contribution in [0.2, 0.25) is 0 Å². The van der Waals surface area contributed by atoms with Gasteiger partial charge < -0.3 is 14.4 Å². The van der Waals surface area contributed by atoms with Crippen molar-refractivity contribution in [3.8, 4) is 11.8 Å². The average Bonchev–Trinajstić information content (AvgIpc) is 3.13. The van der Waals surface area contributed by atoms with Crippen molar-refractivity contribution in [1.82, 2.24) is 25.1 Å². The largest absolute Gasteiger partial charge is 0.481 e. The molecule has 0 unspecified atom stereocenters. The Morgan fingerprint density at radius 3 is 2.79 bits per heavy atom. The molecule has 29 heavy (non-hydrogen) atoms. The minimum Gasteiger partial charge on any atom is -0.481 e. The fourth-order valence-electron chi connectivity index (χ4n) is 3.59. The second kappa shape index (κ2) is 8.44. The van der Waals surface area contributed by atoms with Crippen molar-refractivity contribution in [2.24, 2.45) is 0 Å². The normalized spacial score (nSPS) is 15.3. The molecule has 0 atom stereocenters. The number of ether oxygens (including phenoxy) is 2. The number of aromatic nitrogens is 3. The summed E-state index contributed by atoms with van der Waals surface area (Å²) in [5, 5.41) is 7.92. The molecule has 2 aromatic heterocycles. The van der Waals surface area contributed by atoms with Crippen LogP contribution in [0.15, 0.2) is 35.0 Å². The Morgan fingerprint density at radius 1 is 1.07 bits per heavy atom. The summed E-state index contributed by atoms with van der Waals surface area (Å²) in [5.41, 5.74) is 3.07. The van der Waals surface area contributed by atoms with E-state index in [1.54, 1.807) is 12.1 Å².